The molecule has 1 aromatic rings. The third-order valence-electron chi connectivity index (χ3n) is 3.60. The van der Waals surface area contributed by atoms with E-state index in [1.807, 2.05) is 6.08 Å². The van der Waals surface area contributed by atoms with Gasteiger partial charge in [0.1, 0.15) is 5.75 Å². The quantitative estimate of drug-likeness (QED) is 0.437. The van der Waals surface area contributed by atoms with Gasteiger partial charge in [0.25, 0.3) is 0 Å². The summed E-state index contributed by atoms with van der Waals surface area (Å²) in [4.78, 5) is 23.3. The molecule has 0 saturated carbocycles. The zero-order chi connectivity index (χ0) is 17.4. The molecule has 1 aromatic carbocycles. The van der Waals surface area contributed by atoms with E-state index in [0.717, 1.165) is 12.8 Å². The third kappa shape index (κ3) is 6.42. The molecule has 0 aliphatic heterocycles. The van der Waals surface area contributed by atoms with Gasteiger partial charge in [0.2, 0.25) is 11.8 Å². The van der Waals surface area contributed by atoms with Crippen LogP contribution in [0.2, 0.25) is 10.0 Å². The zero-order valence-corrected chi connectivity index (χ0v) is 14.7. The van der Waals surface area contributed by atoms with Crippen molar-refractivity contribution in [3.63, 3.8) is 0 Å². The number of halogens is 2. The number of carbonyl (C=O) groups excluding carboxylic acids is 2. The molecular formula is C17H20Cl2N2O3. The minimum absolute atomic E-state index is 0.177. The Bertz CT molecular complexity index is 620. The molecule has 0 heterocycles. The number of hydrogen-bond acceptors (Lipinski definition) is 3. The average molecular weight is 371 g/mol. The fraction of sp³-hybridized carbons (Fsp3) is 0.412. The molecule has 2 rings (SSSR count). The van der Waals surface area contributed by atoms with Gasteiger partial charge in [-0.3, -0.25) is 20.4 Å². The smallest absolute Gasteiger partial charge is 0.238 e. The number of ether oxygens (including phenoxy) is 1. The number of nitrogens with one attached hydrogen (secondary N) is 2. The van der Waals surface area contributed by atoms with Crippen molar-refractivity contribution in [2.24, 2.45) is 5.92 Å². The molecule has 1 atom stereocenters. The monoisotopic (exact) mass is 370 g/mol. The largest absolute Gasteiger partial charge is 0.492 e. The summed E-state index contributed by atoms with van der Waals surface area (Å²) in [5.41, 5.74) is 4.85. The van der Waals surface area contributed by atoms with Crippen LogP contribution in [0.15, 0.2) is 30.4 Å². The van der Waals surface area contributed by atoms with E-state index in [-0.39, 0.29) is 24.2 Å². The molecule has 130 valence electrons. The highest BCUT2D eigenvalue weighted by Gasteiger charge is 2.14. The van der Waals surface area contributed by atoms with Gasteiger partial charge >= 0.3 is 0 Å². The maximum absolute atomic E-state index is 11.7. The Morgan fingerprint density at radius 2 is 2.00 bits per heavy atom. The number of benzene rings is 1. The van der Waals surface area contributed by atoms with E-state index in [0.29, 0.717) is 35.2 Å². The molecule has 0 spiro atoms. The van der Waals surface area contributed by atoms with E-state index in [9.17, 15) is 9.59 Å². The Morgan fingerprint density at radius 3 is 2.71 bits per heavy atom. The summed E-state index contributed by atoms with van der Waals surface area (Å²) in [5, 5.41) is 0.968. The Morgan fingerprint density at radius 1 is 1.21 bits per heavy atom. The van der Waals surface area contributed by atoms with Crippen molar-refractivity contribution < 1.29 is 14.3 Å². The molecular weight excluding hydrogens is 351 g/mol. The van der Waals surface area contributed by atoms with E-state index < -0.39 is 0 Å². The minimum atomic E-state index is -0.254. The SMILES string of the molecule is O=C(CCCOc1ccc(Cl)cc1Cl)NNC(=O)CC1C=CCC1. The number of rotatable bonds is 7. The van der Waals surface area contributed by atoms with Crippen LogP contribution in [0.5, 0.6) is 5.75 Å². The molecule has 0 aromatic heterocycles. The predicted octanol–water partition coefficient (Wildman–Crippen LogP) is 3.66. The van der Waals surface area contributed by atoms with E-state index in [4.69, 9.17) is 27.9 Å². The lowest BCUT2D eigenvalue weighted by atomic mass is 10.1. The van der Waals surface area contributed by atoms with Gasteiger partial charge < -0.3 is 4.74 Å². The second-order valence-corrected chi connectivity index (χ2v) is 6.44. The average Bonchev–Trinajstić information content (AvgIpc) is 3.04. The molecule has 0 saturated heterocycles. The fourth-order valence-corrected chi connectivity index (χ4v) is 2.83. The van der Waals surface area contributed by atoms with Gasteiger partial charge in [-0.2, -0.15) is 0 Å². The summed E-state index contributed by atoms with van der Waals surface area (Å²) in [6, 6.07) is 4.97. The number of hydrazine groups is 1. The molecule has 2 amide bonds. The summed E-state index contributed by atoms with van der Waals surface area (Å²) in [6.07, 6.45) is 7.27. The van der Waals surface area contributed by atoms with Crippen LogP contribution in [-0.2, 0) is 9.59 Å². The first-order chi connectivity index (χ1) is 11.5. The van der Waals surface area contributed by atoms with Gasteiger partial charge in [0.15, 0.2) is 0 Å². The van der Waals surface area contributed by atoms with Gasteiger partial charge in [-0.15, -0.1) is 0 Å². The minimum Gasteiger partial charge on any atom is -0.492 e. The fourth-order valence-electron chi connectivity index (χ4n) is 2.36. The summed E-state index contributed by atoms with van der Waals surface area (Å²) < 4.78 is 5.49. The first-order valence-electron chi connectivity index (χ1n) is 7.87. The third-order valence-corrected chi connectivity index (χ3v) is 4.13. The van der Waals surface area contributed by atoms with E-state index in [1.165, 1.54) is 0 Å². The molecule has 0 radical (unpaired) electrons. The standard InChI is InChI=1S/C17H20Cl2N2O3/c18-13-7-8-15(14(19)11-13)24-9-3-6-16(22)20-21-17(23)10-12-4-1-2-5-12/h1,4,7-8,11-12H,2-3,5-6,9-10H2,(H,20,22)(H,21,23). The van der Waals surface area contributed by atoms with Crippen molar-refractivity contribution in [1.82, 2.24) is 10.9 Å². The highest BCUT2D eigenvalue weighted by molar-refractivity contribution is 6.35. The first kappa shape index (κ1) is 18.6. The maximum Gasteiger partial charge on any atom is 0.238 e. The van der Waals surface area contributed by atoms with Crippen LogP contribution in [0.4, 0.5) is 0 Å². The number of carbonyl (C=O) groups is 2. The topological polar surface area (TPSA) is 67.4 Å². The second kappa shape index (κ2) is 9.55. The van der Waals surface area contributed by atoms with Gasteiger partial charge in [-0.05, 0) is 43.4 Å². The van der Waals surface area contributed by atoms with Crippen molar-refractivity contribution in [3.05, 3.63) is 40.4 Å². The van der Waals surface area contributed by atoms with Gasteiger partial charge in [-0.1, -0.05) is 35.4 Å². The first-order valence-corrected chi connectivity index (χ1v) is 8.62. The van der Waals surface area contributed by atoms with Crippen LogP contribution >= 0.6 is 23.2 Å². The number of allylic oxidation sites excluding steroid dienone is 2. The van der Waals surface area contributed by atoms with E-state index in [2.05, 4.69) is 16.9 Å². The van der Waals surface area contributed by atoms with Crippen LogP contribution in [0.1, 0.15) is 32.1 Å². The van der Waals surface area contributed by atoms with Crippen molar-refractivity contribution in [2.45, 2.75) is 32.1 Å². The van der Waals surface area contributed by atoms with Crippen molar-refractivity contribution in [3.8, 4) is 5.75 Å². The molecule has 1 unspecified atom stereocenters. The molecule has 0 bridgehead atoms. The Kier molecular flexibility index (Phi) is 7.40. The molecule has 24 heavy (non-hydrogen) atoms. The van der Waals surface area contributed by atoms with E-state index in [1.54, 1.807) is 18.2 Å². The van der Waals surface area contributed by atoms with Crippen molar-refractivity contribution in [2.75, 3.05) is 6.61 Å². The molecule has 5 nitrogen and oxygen atoms in total. The Balaban J connectivity index is 1.57. The van der Waals surface area contributed by atoms with Gasteiger partial charge in [-0.25, -0.2) is 0 Å². The van der Waals surface area contributed by atoms with Crippen LogP contribution in [0.25, 0.3) is 0 Å². The van der Waals surface area contributed by atoms with Gasteiger partial charge in [0.05, 0.1) is 11.6 Å². The lowest BCUT2D eigenvalue weighted by molar-refractivity contribution is -0.129. The molecule has 2 N–H and O–H groups in total. The normalized spacial score (nSPS) is 16.0. The molecule has 7 heteroatoms. The Labute approximate surface area is 151 Å². The highest BCUT2D eigenvalue weighted by Crippen LogP contribution is 2.27. The zero-order valence-electron chi connectivity index (χ0n) is 13.2. The van der Waals surface area contributed by atoms with Crippen LogP contribution in [0, 0.1) is 5.92 Å². The van der Waals surface area contributed by atoms with Crippen LogP contribution < -0.4 is 15.6 Å². The van der Waals surface area contributed by atoms with Crippen molar-refractivity contribution in [1.29, 1.82) is 0 Å². The molecule has 1 aliphatic carbocycles. The second-order valence-electron chi connectivity index (χ2n) is 5.59. The molecule has 1 aliphatic rings. The van der Waals surface area contributed by atoms with Crippen molar-refractivity contribution >= 4 is 35.0 Å². The summed E-state index contributed by atoms with van der Waals surface area (Å²) in [6.45, 7) is 0.343. The van der Waals surface area contributed by atoms with Crippen LogP contribution in [0.3, 0.4) is 0 Å². The highest BCUT2D eigenvalue weighted by atomic mass is 35.5. The Hall–Kier alpha value is -1.72. The number of amides is 2. The molecule has 0 fully saturated rings. The lowest BCUT2D eigenvalue weighted by Gasteiger charge is -2.10. The van der Waals surface area contributed by atoms with Crippen LogP contribution in [-0.4, -0.2) is 18.4 Å². The van der Waals surface area contributed by atoms with Gasteiger partial charge in [0, 0.05) is 17.9 Å². The predicted molar refractivity (Wildman–Crippen MR) is 94.0 cm³/mol. The van der Waals surface area contributed by atoms with E-state index >= 15 is 0 Å². The number of hydrogen-bond donors (Lipinski definition) is 2. The summed E-state index contributed by atoms with van der Waals surface area (Å²) in [7, 11) is 0. The summed E-state index contributed by atoms with van der Waals surface area (Å²) in [5.74, 6) is 0.374. The summed E-state index contributed by atoms with van der Waals surface area (Å²) >= 11 is 11.8. The maximum atomic E-state index is 11.7. The lowest BCUT2D eigenvalue weighted by Crippen LogP contribution is -2.42.